The zero-order valence-corrected chi connectivity index (χ0v) is 12.9. The zero-order chi connectivity index (χ0) is 15.1. The maximum atomic E-state index is 12.7. The average molecular weight is 304 g/mol. The van der Waals surface area contributed by atoms with Crippen LogP contribution in [-0.4, -0.2) is 21.9 Å². The Labute approximate surface area is 129 Å². The van der Waals surface area contributed by atoms with E-state index in [0.717, 1.165) is 6.54 Å². The Bertz CT molecular complexity index is 687. The lowest BCUT2D eigenvalue weighted by Gasteiger charge is -2.35. The number of aryl methyl sites for hydroxylation is 1. The third-order valence-corrected chi connectivity index (χ3v) is 4.34. The van der Waals surface area contributed by atoms with Crippen molar-refractivity contribution in [1.82, 2.24) is 9.47 Å². The van der Waals surface area contributed by atoms with Crippen molar-refractivity contribution in [3.05, 3.63) is 52.3 Å². The van der Waals surface area contributed by atoms with Gasteiger partial charge in [-0.2, -0.15) is 0 Å². The second-order valence-electron chi connectivity index (χ2n) is 5.50. The van der Waals surface area contributed by atoms with Crippen LogP contribution in [0.15, 0.2) is 30.3 Å². The van der Waals surface area contributed by atoms with Crippen LogP contribution in [0.3, 0.4) is 0 Å². The summed E-state index contributed by atoms with van der Waals surface area (Å²) in [4.78, 5) is 14.6. The lowest BCUT2D eigenvalue weighted by molar-refractivity contribution is 0.0643. The topological polar surface area (TPSA) is 51.3 Å². The molecule has 0 saturated heterocycles. The third kappa shape index (κ3) is 2.40. The molecule has 21 heavy (non-hydrogen) atoms. The van der Waals surface area contributed by atoms with Crippen LogP contribution >= 0.6 is 11.6 Å². The van der Waals surface area contributed by atoms with Gasteiger partial charge in [0.05, 0.1) is 6.04 Å². The average Bonchev–Trinajstić information content (AvgIpc) is 2.80. The predicted molar refractivity (Wildman–Crippen MR) is 84.5 cm³/mol. The van der Waals surface area contributed by atoms with Gasteiger partial charge < -0.3 is 15.2 Å². The molecular formula is C16H18ClN3O. The number of amides is 1. The van der Waals surface area contributed by atoms with E-state index in [9.17, 15) is 4.79 Å². The molecule has 0 radical (unpaired) electrons. The molecule has 2 N–H and O–H groups in total. The highest BCUT2D eigenvalue weighted by Gasteiger charge is 2.29. The highest BCUT2D eigenvalue weighted by atomic mass is 35.5. The molecule has 5 heteroatoms. The minimum absolute atomic E-state index is 0.0261. The monoisotopic (exact) mass is 303 g/mol. The number of halogens is 1. The van der Waals surface area contributed by atoms with E-state index in [1.54, 1.807) is 18.2 Å². The number of anilines is 1. The van der Waals surface area contributed by atoms with Gasteiger partial charge in [-0.15, -0.1) is 0 Å². The number of benzene rings is 1. The number of hydrogen-bond acceptors (Lipinski definition) is 2. The van der Waals surface area contributed by atoms with E-state index in [-0.39, 0.29) is 11.9 Å². The highest BCUT2D eigenvalue weighted by molar-refractivity contribution is 6.31. The van der Waals surface area contributed by atoms with E-state index in [2.05, 4.69) is 30.5 Å². The molecule has 1 amide bonds. The fraction of sp³-hybridized carbons (Fsp3) is 0.312. The van der Waals surface area contributed by atoms with Crippen molar-refractivity contribution in [3.63, 3.8) is 0 Å². The van der Waals surface area contributed by atoms with Gasteiger partial charge in [0, 0.05) is 40.8 Å². The SMILES string of the molecule is Cc1ccc2n1CCN(C(=O)c1cc(N)cc(Cl)c1)C2C. The van der Waals surface area contributed by atoms with Crippen molar-refractivity contribution in [1.29, 1.82) is 0 Å². The van der Waals surface area contributed by atoms with E-state index < -0.39 is 0 Å². The normalized spacial score (nSPS) is 17.7. The molecule has 0 aliphatic carbocycles. The molecular weight excluding hydrogens is 286 g/mol. The predicted octanol–water partition coefficient (Wildman–Crippen LogP) is 3.25. The van der Waals surface area contributed by atoms with Crippen LogP contribution in [0.1, 0.15) is 34.7 Å². The molecule has 0 bridgehead atoms. The van der Waals surface area contributed by atoms with Gasteiger partial charge >= 0.3 is 0 Å². The fourth-order valence-corrected chi connectivity index (χ4v) is 3.24. The molecule has 2 aromatic rings. The first-order chi connectivity index (χ1) is 9.97. The van der Waals surface area contributed by atoms with Crippen molar-refractivity contribution in [2.24, 2.45) is 0 Å². The Morgan fingerprint density at radius 3 is 2.76 bits per heavy atom. The molecule has 4 nitrogen and oxygen atoms in total. The Balaban J connectivity index is 1.92. The van der Waals surface area contributed by atoms with Gasteiger partial charge in [0.25, 0.3) is 5.91 Å². The summed E-state index contributed by atoms with van der Waals surface area (Å²) in [5, 5.41) is 0.488. The maximum absolute atomic E-state index is 12.7. The lowest BCUT2D eigenvalue weighted by Crippen LogP contribution is -2.41. The Morgan fingerprint density at radius 2 is 2.05 bits per heavy atom. The number of nitrogens with zero attached hydrogens (tertiary/aromatic N) is 2. The van der Waals surface area contributed by atoms with E-state index in [4.69, 9.17) is 17.3 Å². The lowest BCUT2D eigenvalue weighted by atomic mass is 10.1. The van der Waals surface area contributed by atoms with E-state index >= 15 is 0 Å². The third-order valence-electron chi connectivity index (χ3n) is 4.12. The summed E-state index contributed by atoms with van der Waals surface area (Å²) in [6.07, 6.45) is 0. The van der Waals surface area contributed by atoms with Crippen LogP contribution in [0, 0.1) is 6.92 Å². The van der Waals surface area contributed by atoms with Crippen LogP contribution < -0.4 is 5.73 Å². The van der Waals surface area contributed by atoms with Crippen LogP contribution in [0.5, 0.6) is 0 Å². The summed E-state index contributed by atoms with van der Waals surface area (Å²) >= 11 is 6.00. The van der Waals surface area contributed by atoms with Crippen LogP contribution in [0.25, 0.3) is 0 Å². The highest BCUT2D eigenvalue weighted by Crippen LogP contribution is 2.29. The van der Waals surface area contributed by atoms with Gasteiger partial charge in [-0.1, -0.05) is 11.6 Å². The van der Waals surface area contributed by atoms with Crippen LogP contribution in [0.2, 0.25) is 5.02 Å². The van der Waals surface area contributed by atoms with Gasteiger partial charge in [-0.05, 0) is 44.2 Å². The van der Waals surface area contributed by atoms with Gasteiger partial charge in [0.15, 0.2) is 0 Å². The minimum Gasteiger partial charge on any atom is -0.399 e. The van der Waals surface area contributed by atoms with E-state index in [0.29, 0.717) is 22.8 Å². The molecule has 1 aliphatic heterocycles. The summed E-state index contributed by atoms with van der Waals surface area (Å²) in [6.45, 7) is 5.65. The molecule has 2 heterocycles. The van der Waals surface area contributed by atoms with Crippen LogP contribution in [-0.2, 0) is 6.54 Å². The molecule has 3 rings (SSSR count). The molecule has 1 unspecified atom stereocenters. The molecule has 0 spiro atoms. The fourth-order valence-electron chi connectivity index (χ4n) is 3.00. The number of nitrogen functional groups attached to an aromatic ring is 1. The number of aromatic nitrogens is 1. The summed E-state index contributed by atoms with van der Waals surface area (Å²) < 4.78 is 2.26. The molecule has 1 aromatic heterocycles. The summed E-state index contributed by atoms with van der Waals surface area (Å²) in [7, 11) is 0. The van der Waals surface area contributed by atoms with Crippen molar-refractivity contribution in [2.75, 3.05) is 12.3 Å². The van der Waals surface area contributed by atoms with E-state index in [1.165, 1.54) is 11.4 Å². The number of nitrogens with two attached hydrogens (primary N) is 1. The Morgan fingerprint density at radius 1 is 1.29 bits per heavy atom. The molecule has 0 saturated carbocycles. The first-order valence-corrected chi connectivity index (χ1v) is 7.38. The first-order valence-electron chi connectivity index (χ1n) is 7.00. The van der Waals surface area contributed by atoms with Crippen molar-refractivity contribution < 1.29 is 4.79 Å². The first kappa shape index (κ1) is 14.0. The Hall–Kier alpha value is -1.94. The molecule has 1 atom stereocenters. The summed E-state index contributed by atoms with van der Waals surface area (Å²) in [6, 6.07) is 9.22. The smallest absolute Gasteiger partial charge is 0.254 e. The molecule has 1 aromatic carbocycles. The van der Waals surface area contributed by atoms with Gasteiger partial charge in [0.2, 0.25) is 0 Å². The molecule has 0 fully saturated rings. The summed E-state index contributed by atoms with van der Waals surface area (Å²) in [5.74, 6) is -0.0261. The minimum atomic E-state index is -0.0261. The largest absolute Gasteiger partial charge is 0.399 e. The molecule has 1 aliphatic rings. The number of rotatable bonds is 1. The van der Waals surface area contributed by atoms with Crippen LogP contribution in [0.4, 0.5) is 5.69 Å². The number of carbonyl (C=O) groups is 1. The Kier molecular flexibility index (Phi) is 3.41. The molecule has 110 valence electrons. The van der Waals surface area contributed by atoms with Crippen molar-refractivity contribution in [2.45, 2.75) is 26.4 Å². The van der Waals surface area contributed by atoms with Gasteiger partial charge in [0.1, 0.15) is 0 Å². The zero-order valence-electron chi connectivity index (χ0n) is 12.1. The second kappa shape index (κ2) is 5.11. The number of hydrogen-bond donors (Lipinski definition) is 1. The second-order valence-corrected chi connectivity index (χ2v) is 5.94. The van der Waals surface area contributed by atoms with Crippen molar-refractivity contribution in [3.8, 4) is 0 Å². The number of fused-ring (bicyclic) bond motifs is 1. The number of carbonyl (C=O) groups excluding carboxylic acids is 1. The van der Waals surface area contributed by atoms with Gasteiger partial charge in [-0.25, -0.2) is 0 Å². The van der Waals surface area contributed by atoms with Gasteiger partial charge in [-0.3, -0.25) is 4.79 Å². The van der Waals surface area contributed by atoms with Crippen molar-refractivity contribution >= 4 is 23.2 Å². The standard InChI is InChI=1S/C16H18ClN3O/c1-10-3-4-15-11(2)20(6-5-19(10)15)16(21)12-7-13(17)9-14(18)8-12/h3-4,7-9,11H,5-6,18H2,1-2H3. The van der Waals surface area contributed by atoms with E-state index in [1.807, 2.05) is 4.90 Å². The maximum Gasteiger partial charge on any atom is 0.254 e. The quantitative estimate of drug-likeness (QED) is 0.822. The summed E-state index contributed by atoms with van der Waals surface area (Å²) in [5.41, 5.74) is 9.24.